The third-order valence-electron chi connectivity index (χ3n) is 5.01. The van der Waals surface area contributed by atoms with Gasteiger partial charge in [0, 0.05) is 28.2 Å². The molecule has 0 spiro atoms. The van der Waals surface area contributed by atoms with Crippen molar-refractivity contribution in [3.63, 3.8) is 0 Å². The minimum Gasteiger partial charge on any atom is -0.476 e. The maximum atomic E-state index is 12.0. The summed E-state index contributed by atoms with van der Waals surface area (Å²) in [7, 11) is 0. The van der Waals surface area contributed by atoms with E-state index in [0.29, 0.717) is 0 Å². The fourth-order valence-electron chi connectivity index (χ4n) is 3.57. The quantitative estimate of drug-likeness (QED) is 0.251. The van der Waals surface area contributed by atoms with Crippen LogP contribution in [0, 0.1) is 6.92 Å². The lowest BCUT2D eigenvalue weighted by molar-refractivity contribution is -0.129. The molecule has 0 saturated carbocycles. The third kappa shape index (κ3) is 3.95. The highest BCUT2D eigenvalue weighted by atomic mass is 32.1. The van der Waals surface area contributed by atoms with Crippen LogP contribution < -0.4 is 5.73 Å². The molecule has 0 fully saturated rings. The van der Waals surface area contributed by atoms with E-state index in [1.165, 1.54) is 0 Å². The molecule has 32 heavy (non-hydrogen) atoms. The molecule has 0 aliphatic carbocycles. The first-order valence-corrected chi connectivity index (χ1v) is 10.6. The number of nitrogen functional groups attached to an aromatic ring is 1. The predicted octanol–water partition coefficient (Wildman–Crippen LogP) is 4.23. The number of carbonyl (C=O) groups is 1. The average molecular weight is 445 g/mol. The SMILES string of the molecule is Cc1ccccc1C(ON=C(C(=O)O)c1nsc(N)n1)(c1ccccc1)c1ccccc1. The van der Waals surface area contributed by atoms with E-state index in [0.717, 1.165) is 33.8 Å². The van der Waals surface area contributed by atoms with Gasteiger partial charge < -0.3 is 15.7 Å². The van der Waals surface area contributed by atoms with Crippen molar-refractivity contribution in [3.8, 4) is 0 Å². The summed E-state index contributed by atoms with van der Waals surface area (Å²) < 4.78 is 3.99. The van der Waals surface area contributed by atoms with E-state index in [1.807, 2.05) is 91.9 Å². The summed E-state index contributed by atoms with van der Waals surface area (Å²) >= 11 is 0.892. The van der Waals surface area contributed by atoms with Gasteiger partial charge in [-0.3, -0.25) is 0 Å². The van der Waals surface area contributed by atoms with Gasteiger partial charge in [0.15, 0.2) is 5.13 Å². The Bertz CT molecular complexity index is 1220. The summed E-state index contributed by atoms with van der Waals surface area (Å²) in [6.45, 7) is 1.98. The second kappa shape index (κ2) is 8.99. The number of benzene rings is 3. The van der Waals surface area contributed by atoms with Crippen molar-refractivity contribution in [3.05, 3.63) is 113 Å². The monoisotopic (exact) mass is 444 g/mol. The van der Waals surface area contributed by atoms with Gasteiger partial charge in [-0.05, 0) is 12.5 Å². The average Bonchev–Trinajstić information content (AvgIpc) is 3.24. The summed E-state index contributed by atoms with van der Waals surface area (Å²) in [5, 5.41) is 14.0. The zero-order valence-electron chi connectivity index (χ0n) is 17.2. The number of aryl methyl sites for hydroxylation is 1. The van der Waals surface area contributed by atoms with Crippen LogP contribution in [0.4, 0.5) is 5.13 Å². The van der Waals surface area contributed by atoms with E-state index in [9.17, 15) is 9.90 Å². The molecule has 0 atom stereocenters. The fraction of sp³-hybridized carbons (Fsp3) is 0.0833. The summed E-state index contributed by atoms with van der Waals surface area (Å²) in [4.78, 5) is 22.2. The van der Waals surface area contributed by atoms with Crippen LogP contribution in [0.1, 0.15) is 28.1 Å². The molecule has 1 aromatic heterocycles. The van der Waals surface area contributed by atoms with Crippen molar-refractivity contribution in [1.29, 1.82) is 0 Å². The number of hydrogen-bond donors (Lipinski definition) is 2. The van der Waals surface area contributed by atoms with Crippen molar-refractivity contribution in [1.82, 2.24) is 9.36 Å². The van der Waals surface area contributed by atoms with Gasteiger partial charge in [0.25, 0.3) is 0 Å². The molecule has 4 aromatic rings. The summed E-state index contributed by atoms with van der Waals surface area (Å²) in [6.07, 6.45) is 0. The van der Waals surface area contributed by atoms with Crippen LogP contribution in [0.2, 0.25) is 0 Å². The second-order valence-electron chi connectivity index (χ2n) is 7.02. The smallest absolute Gasteiger partial charge is 0.362 e. The Morgan fingerprint density at radius 3 is 2.03 bits per heavy atom. The van der Waals surface area contributed by atoms with Gasteiger partial charge in [-0.2, -0.15) is 9.36 Å². The number of carboxylic acid groups (broad SMARTS) is 1. The van der Waals surface area contributed by atoms with Crippen molar-refractivity contribution >= 4 is 28.3 Å². The van der Waals surface area contributed by atoms with Gasteiger partial charge >= 0.3 is 5.97 Å². The number of nitrogens with two attached hydrogens (primary N) is 1. The molecule has 3 N–H and O–H groups in total. The molecule has 0 saturated heterocycles. The topological polar surface area (TPSA) is 111 Å². The number of hydrogen-bond acceptors (Lipinski definition) is 7. The van der Waals surface area contributed by atoms with Crippen LogP contribution in [0.25, 0.3) is 0 Å². The van der Waals surface area contributed by atoms with Crippen LogP contribution >= 0.6 is 11.5 Å². The number of nitrogens with zero attached hydrogens (tertiary/aromatic N) is 3. The minimum absolute atomic E-state index is 0.0974. The van der Waals surface area contributed by atoms with Gasteiger partial charge in [0.2, 0.25) is 17.1 Å². The lowest BCUT2D eigenvalue weighted by Crippen LogP contribution is -2.33. The molecule has 0 amide bonds. The standard InChI is InChI=1S/C24H20N4O3S/c1-16-10-8-9-15-19(16)24(17-11-4-2-5-12-17,18-13-6-3-7-14-18)31-27-20(22(29)30)21-26-23(25)32-28-21/h2-15H,1H3,(H,29,30)(H2,25,26,28). The Morgan fingerprint density at radius 2 is 1.53 bits per heavy atom. The molecule has 0 aliphatic rings. The van der Waals surface area contributed by atoms with Crippen molar-refractivity contribution < 1.29 is 14.7 Å². The van der Waals surface area contributed by atoms with E-state index < -0.39 is 17.3 Å². The lowest BCUT2D eigenvalue weighted by atomic mass is 9.78. The Balaban J connectivity index is 1.99. The molecule has 7 nitrogen and oxygen atoms in total. The lowest BCUT2D eigenvalue weighted by Gasteiger charge is -2.34. The van der Waals surface area contributed by atoms with E-state index in [1.54, 1.807) is 0 Å². The summed E-state index contributed by atoms with van der Waals surface area (Å²) in [5.41, 5.74) is 7.38. The first kappa shape index (κ1) is 21.2. The molecule has 0 radical (unpaired) electrons. The zero-order chi connectivity index (χ0) is 22.6. The molecule has 1 heterocycles. The Kier molecular flexibility index (Phi) is 5.96. The van der Waals surface area contributed by atoms with Crippen molar-refractivity contribution in [2.45, 2.75) is 12.5 Å². The summed E-state index contributed by atoms with van der Waals surface area (Å²) in [6, 6.07) is 26.9. The fourth-order valence-corrected chi connectivity index (χ4v) is 4.00. The molecule has 3 aromatic carbocycles. The van der Waals surface area contributed by atoms with E-state index in [2.05, 4.69) is 14.5 Å². The molecule has 8 heteroatoms. The molecule has 0 bridgehead atoms. The third-order valence-corrected chi connectivity index (χ3v) is 5.56. The number of carboxylic acids is 1. The zero-order valence-corrected chi connectivity index (χ0v) is 18.0. The largest absolute Gasteiger partial charge is 0.476 e. The van der Waals surface area contributed by atoms with Crippen LogP contribution in [0.15, 0.2) is 90.1 Å². The number of aromatic nitrogens is 2. The van der Waals surface area contributed by atoms with Gasteiger partial charge in [-0.1, -0.05) is 90.1 Å². The van der Waals surface area contributed by atoms with Crippen LogP contribution in [0.5, 0.6) is 0 Å². The van der Waals surface area contributed by atoms with Gasteiger partial charge in [0.05, 0.1) is 0 Å². The highest BCUT2D eigenvalue weighted by Gasteiger charge is 2.41. The molecular formula is C24H20N4O3S. The van der Waals surface area contributed by atoms with E-state index in [4.69, 9.17) is 10.6 Å². The Labute approximate surface area is 189 Å². The van der Waals surface area contributed by atoms with Gasteiger partial charge in [-0.15, -0.1) is 0 Å². The van der Waals surface area contributed by atoms with E-state index >= 15 is 0 Å². The summed E-state index contributed by atoms with van der Waals surface area (Å²) in [5.74, 6) is -1.41. The number of rotatable bonds is 7. The molecular weight excluding hydrogens is 424 g/mol. The molecule has 0 aliphatic heterocycles. The number of oxime groups is 1. The molecule has 160 valence electrons. The minimum atomic E-state index is -1.32. The van der Waals surface area contributed by atoms with Gasteiger partial charge in [-0.25, -0.2) is 4.79 Å². The first-order valence-electron chi connectivity index (χ1n) is 9.78. The highest BCUT2D eigenvalue weighted by Crippen LogP contribution is 2.42. The highest BCUT2D eigenvalue weighted by molar-refractivity contribution is 7.09. The van der Waals surface area contributed by atoms with Crippen LogP contribution in [-0.2, 0) is 15.2 Å². The Morgan fingerprint density at radius 1 is 0.969 bits per heavy atom. The van der Waals surface area contributed by atoms with E-state index in [-0.39, 0.29) is 11.0 Å². The van der Waals surface area contributed by atoms with Crippen LogP contribution in [-0.4, -0.2) is 26.1 Å². The van der Waals surface area contributed by atoms with Gasteiger partial charge in [0.1, 0.15) is 0 Å². The molecule has 0 unspecified atom stereocenters. The maximum absolute atomic E-state index is 12.0. The van der Waals surface area contributed by atoms with Crippen molar-refractivity contribution in [2.75, 3.05) is 5.73 Å². The Hall–Kier alpha value is -4.04. The van der Waals surface area contributed by atoms with Crippen LogP contribution in [0.3, 0.4) is 0 Å². The molecule has 4 rings (SSSR count). The predicted molar refractivity (Wildman–Crippen MR) is 124 cm³/mol. The maximum Gasteiger partial charge on any atom is 0.362 e. The normalized spacial score (nSPS) is 11.8. The number of aliphatic carboxylic acids is 1. The van der Waals surface area contributed by atoms with Crippen molar-refractivity contribution in [2.24, 2.45) is 5.16 Å². The number of anilines is 1. The second-order valence-corrected chi connectivity index (χ2v) is 7.80. The first-order chi connectivity index (χ1) is 15.5.